The highest BCUT2D eigenvalue weighted by molar-refractivity contribution is 7.92. The van der Waals surface area contributed by atoms with Crippen LogP contribution >= 0.6 is 0 Å². The third-order valence-corrected chi connectivity index (χ3v) is 9.39. The van der Waals surface area contributed by atoms with Crippen LogP contribution in [0.1, 0.15) is 30.9 Å². The Balaban J connectivity index is 1.46. The van der Waals surface area contributed by atoms with E-state index in [4.69, 9.17) is 9.72 Å². The molecule has 0 amide bonds. The lowest BCUT2D eigenvalue weighted by atomic mass is 10.0. The molecule has 0 unspecified atom stereocenters. The van der Waals surface area contributed by atoms with Gasteiger partial charge in [-0.3, -0.25) is 14.3 Å². The molecule has 0 radical (unpaired) electrons. The number of fused-ring (bicyclic) bond motifs is 1. The lowest BCUT2D eigenvalue weighted by Gasteiger charge is -2.37. The summed E-state index contributed by atoms with van der Waals surface area (Å²) in [5, 5.41) is 6.67. The molecule has 0 spiro atoms. The second kappa shape index (κ2) is 12.8. The van der Waals surface area contributed by atoms with E-state index in [1.54, 1.807) is 37.8 Å². The molecule has 2 N–H and O–H groups in total. The summed E-state index contributed by atoms with van der Waals surface area (Å²) in [6, 6.07) is 8.39. The molecule has 5 rings (SSSR count). The van der Waals surface area contributed by atoms with E-state index >= 15 is 0 Å². The van der Waals surface area contributed by atoms with Gasteiger partial charge >= 0.3 is 0 Å². The van der Waals surface area contributed by atoms with Crippen molar-refractivity contribution in [3.63, 3.8) is 0 Å². The maximum atomic E-state index is 12.6. The van der Waals surface area contributed by atoms with Gasteiger partial charge in [-0.25, -0.2) is 13.4 Å². The Morgan fingerprint density at radius 1 is 1.02 bits per heavy atom. The number of nitrogens with zero attached hydrogens (tertiary/aromatic N) is 7. The molecular formula is C31H41N9O3S. The molecule has 0 aliphatic carbocycles. The topological polar surface area (TPSA) is 129 Å². The van der Waals surface area contributed by atoms with Gasteiger partial charge in [-0.2, -0.15) is 4.98 Å². The zero-order chi connectivity index (χ0) is 31.6. The SMILES string of the molecule is CCc1cc(Nc2ncc(C)c(Nc3ccc4nccnc4c3N(C)S(C)(=O)=O)n2)c(OC)cc1N1CCC(N(C)C)CC1. The number of aryl methyl sites for hydroxylation is 2. The first-order valence-corrected chi connectivity index (χ1v) is 16.5. The molecule has 3 heterocycles. The van der Waals surface area contributed by atoms with Crippen molar-refractivity contribution in [2.75, 3.05) is 67.4 Å². The fourth-order valence-electron chi connectivity index (χ4n) is 5.57. The first-order valence-electron chi connectivity index (χ1n) is 14.7. The van der Waals surface area contributed by atoms with Crippen molar-refractivity contribution in [3.05, 3.63) is 54.0 Å². The van der Waals surface area contributed by atoms with E-state index in [1.165, 1.54) is 22.6 Å². The van der Waals surface area contributed by atoms with Crippen molar-refractivity contribution in [2.45, 2.75) is 39.2 Å². The number of piperidine rings is 1. The second-order valence-corrected chi connectivity index (χ2v) is 13.3. The lowest BCUT2D eigenvalue weighted by molar-refractivity contribution is 0.249. The molecule has 0 bridgehead atoms. The number of aromatic nitrogens is 4. The Kier molecular flexibility index (Phi) is 9.07. The summed E-state index contributed by atoms with van der Waals surface area (Å²) in [6.07, 6.45) is 9.09. The molecule has 1 aliphatic rings. The molecule has 1 aliphatic heterocycles. The van der Waals surface area contributed by atoms with Gasteiger partial charge in [-0.15, -0.1) is 0 Å². The third-order valence-electron chi connectivity index (χ3n) is 8.21. The molecule has 4 aromatic rings. The Morgan fingerprint density at radius 3 is 2.41 bits per heavy atom. The van der Waals surface area contributed by atoms with Gasteiger partial charge in [-0.1, -0.05) is 6.92 Å². The molecular weight excluding hydrogens is 578 g/mol. The van der Waals surface area contributed by atoms with Crippen LogP contribution in [0.4, 0.5) is 34.5 Å². The zero-order valence-corrected chi connectivity index (χ0v) is 27.2. The summed E-state index contributed by atoms with van der Waals surface area (Å²) < 4.78 is 32.2. The highest BCUT2D eigenvalue weighted by atomic mass is 32.2. The van der Waals surface area contributed by atoms with Gasteiger partial charge in [0.2, 0.25) is 16.0 Å². The van der Waals surface area contributed by atoms with E-state index in [0.29, 0.717) is 46.0 Å². The van der Waals surface area contributed by atoms with Gasteiger partial charge in [0.1, 0.15) is 22.8 Å². The summed E-state index contributed by atoms with van der Waals surface area (Å²) >= 11 is 0. The standard InChI is InChI=1S/C31H41N9O3S/c1-8-21-17-25(27(43-6)18-26(21)40-15-11-22(12-16-40)38(3)4)36-31-34-19-20(2)30(37-31)35-24-10-9-23-28(33-14-13-32-23)29(24)39(5)44(7,41)42/h9-10,13-14,17-19,22H,8,11-12,15-16H2,1-7H3,(H2,34,35,36,37). The van der Waals surface area contributed by atoms with E-state index < -0.39 is 10.0 Å². The number of ether oxygens (including phenoxy) is 1. The van der Waals surface area contributed by atoms with Gasteiger partial charge in [0.25, 0.3) is 0 Å². The Morgan fingerprint density at radius 2 is 1.75 bits per heavy atom. The molecule has 0 atom stereocenters. The lowest BCUT2D eigenvalue weighted by Crippen LogP contribution is -2.42. The molecule has 13 heteroatoms. The smallest absolute Gasteiger partial charge is 0.232 e. The summed E-state index contributed by atoms with van der Waals surface area (Å²) in [5.41, 5.74) is 5.89. The molecule has 1 fully saturated rings. The fourth-order valence-corrected chi connectivity index (χ4v) is 6.08. The maximum Gasteiger partial charge on any atom is 0.232 e. The number of methoxy groups -OCH3 is 1. The number of anilines is 6. The zero-order valence-electron chi connectivity index (χ0n) is 26.4. The van der Waals surface area contributed by atoms with Crippen LogP contribution < -0.4 is 24.6 Å². The van der Waals surface area contributed by atoms with Crippen molar-refractivity contribution in [2.24, 2.45) is 0 Å². The third kappa shape index (κ3) is 6.48. The van der Waals surface area contributed by atoms with E-state index in [9.17, 15) is 8.42 Å². The van der Waals surface area contributed by atoms with Crippen molar-refractivity contribution in [1.29, 1.82) is 0 Å². The average molecular weight is 620 g/mol. The number of nitrogens with one attached hydrogen (secondary N) is 2. The van der Waals surface area contributed by atoms with Crippen LogP contribution in [0.25, 0.3) is 11.0 Å². The van der Waals surface area contributed by atoms with Crippen molar-refractivity contribution < 1.29 is 13.2 Å². The van der Waals surface area contributed by atoms with E-state index in [0.717, 1.165) is 49.9 Å². The van der Waals surface area contributed by atoms with Crippen molar-refractivity contribution >= 4 is 55.6 Å². The molecule has 44 heavy (non-hydrogen) atoms. The summed E-state index contributed by atoms with van der Waals surface area (Å²) in [4.78, 5) is 22.8. The van der Waals surface area contributed by atoms with Gasteiger partial charge in [0, 0.05) is 62.1 Å². The van der Waals surface area contributed by atoms with Crippen LogP contribution in [0.15, 0.2) is 42.9 Å². The fraction of sp³-hybridized carbons (Fsp3) is 0.419. The van der Waals surface area contributed by atoms with Gasteiger partial charge in [0.15, 0.2) is 0 Å². The highest BCUT2D eigenvalue weighted by Crippen LogP contribution is 2.38. The van der Waals surface area contributed by atoms with Gasteiger partial charge < -0.3 is 25.2 Å². The summed E-state index contributed by atoms with van der Waals surface area (Å²) in [5.74, 6) is 1.59. The monoisotopic (exact) mass is 619 g/mol. The summed E-state index contributed by atoms with van der Waals surface area (Å²) in [7, 11) is 3.87. The van der Waals surface area contributed by atoms with Crippen molar-refractivity contribution in [3.8, 4) is 5.75 Å². The molecule has 2 aromatic carbocycles. The quantitative estimate of drug-likeness (QED) is 0.256. The molecule has 12 nitrogen and oxygen atoms in total. The normalized spacial score (nSPS) is 14.2. The number of sulfonamides is 1. The number of benzene rings is 2. The maximum absolute atomic E-state index is 12.6. The van der Waals surface area contributed by atoms with Crippen LogP contribution in [0.2, 0.25) is 0 Å². The number of hydrogen-bond donors (Lipinski definition) is 2. The first kappa shape index (κ1) is 31.2. The Labute approximate surface area is 259 Å². The van der Waals surface area contributed by atoms with Crippen LogP contribution in [-0.2, 0) is 16.4 Å². The Bertz CT molecular complexity index is 1760. The predicted molar refractivity (Wildman–Crippen MR) is 177 cm³/mol. The van der Waals surface area contributed by atoms with Crippen LogP contribution in [0.3, 0.4) is 0 Å². The van der Waals surface area contributed by atoms with Crippen LogP contribution in [0, 0.1) is 6.92 Å². The molecule has 2 aromatic heterocycles. The van der Waals surface area contributed by atoms with Crippen molar-refractivity contribution in [1.82, 2.24) is 24.8 Å². The van der Waals surface area contributed by atoms with Gasteiger partial charge in [0.05, 0.1) is 30.3 Å². The molecule has 0 saturated carbocycles. The minimum absolute atomic E-state index is 0.372. The number of rotatable bonds is 10. The Hall–Kier alpha value is -4.23. The molecule has 1 saturated heterocycles. The number of hydrogen-bond acceptors (Lipinski definition) is 11. The first-order chi connectivity index (χ1) is 21.0. The predicted octanol–water partition coefficient (Wildman–Crippen LogP) is 4.71. The summed E-state index contributed by atoms with van der Waals surface area (Å²) in [6.45, 7) is 6.04. The van der Waals surface area contributed by atoms with E-state index in [2.05, 4.69) is 68.5 Å². The van der Waals surface area contributed by atoms with E-state index in [1.807, 2.05) is 6.92 Å². The second-order valence-electron chi connectivity index (χ2n) is 11.3. The van der Waals surface area contributed by atoms with Crippen LogP contribution in [-0.4, -0.2) is 86.9 Å². The van der Waals surface area contributed by atoms with Crippen LogP contribution in [0.5, 0.6) is 5.75 Å². The largest absolute Gasteiger partial charge is 0.494 e. The minimum atomic E-state index is -3.59. The minimum Gasteiger partial charge on any atom is -0.494 e. The highest BCUT2D eigenvalue weighted by Gasteiger charge is 2.24. The van der Waals surface area contributed by atoms with Gasteiger partial charge in [-0.05, 0) is 64.0 Å². The average Bonchev–Trinajstić information content (AvgIpc) is 3.01. The van der Waals surface area contributed by atoms with E-state index in [-0.39, 0.29) is 0 Å². The molecule has 234 valence electrons.